The third-order valence-corrected chi connectivity index (χ3v) is 4.65. The molecule has 3 N–H and O–H groups in total. The molecule has 20 heavy (non-hydrogen) atoms. The predicted molar refractivity (Wildman–Crippen MR) is 83.6 cm³/mol. The number of nitrogens with one attached hydrogen (secondary N) is 1. The van der Waals surface area contributed by atoms with E-state index >= 15 is 0 Å². The lowest BCUT2D eigenvalue weighted by Crippen LogP contribution is -2.50. The number of aryl methyl sites for hydroxylation is 1. The quantitative estimate of drug-likeness (QED) is 0.824. The lowest BCUT2D eigenvalue weighted by atomic mass is 9.88. The van der Waals surface area contributed by atoms with E-state index in [0.29, 0.717) is 0 Å². The summed E-state index contributed by atoms with van der Waals surface area (Å²) in [7, 11) is 0. The summed E-state index contributed by atoms with van der Waals surface area (Å²) in [6.45, 7) is 4.29. The van der Waals surface area contributed by atoms with Crippen molar-refractivity contribution in [2.45, 2.75) is 57.9 Å². The Kier molecular flexibility index (Phi) is 4.69. The fourth-order valence-electron chi connectivity index (χ4n) is 3.25. The zero-order chi connectivity index (χ0) is 14.6. The summed E-state index contributed by atoms with van der Waals surface area (Å²) in [5.74, 6) is 0.520. The molecule has 0 saturated heterocycles. The lowest BCUT2D eigenvalue weighted by Gasteiger charge is -2.32. The molecule has 110 valence electrons. The highest BCUT2D eigenvalue weighted by atomic mass is 16.1. The topological polar surface area (TPSA) is 55.1 Å². The molecule has 1 aliphatic carbocycles. The van der Waals surface area contributed by atoms with Crippen molar-refractivity contribution in [2.75, 3.05) is 5.32 Å². The molecule has 1 saturated carbocycles. The van der Waals surface area contributed by atoms with Gasteiger partial charge >= 0.3 is 0 Å². The minimum absolute atomic E-state index is 0.212. The molecular formula is C17H26N2O. The molecule has 1 aromatic carbocycles. The zero-order valence-corrected chi connectivity index (χ0v) is 12.6. The van der Waals surface area contributed by atoms with Crippen LogP contribution in [-0.4, -0.2) is 11.4 Å². The number of carbonyl (C=O) groups is 1. The van der Waals surface area contributed by atoms with Gasteiger partial charge in [0.2, 0.25) is 5.91 Å². The number of hydrogen-bond donors (Lipinski definition) is 2. The summed E-state index contributed by atoms with van der Waals surface area (Å²) in [6.07, 6.45) is 6.24. The van der Waals surface area contributed by atoms with E-state index in [-0.39, 0.29) is 5.91 Å². The van der Waals surface area contributed by atoms with Crippen LogP contribution >= 0.6 is 0 Å². The van der Waals surface area contributed by atoms with E-state index in [1.807, 2.05) is 12.1 Å². The third kappa shape index (κ3) is 3.33. The molecule has 3 nitrogen and oxygen atoms in total. The highest BCUT2D eigenvalue weighted by molar-refractivity contribution is 5.88. The van der Waals surface area contributed by atoms with Crippen LogP contribution in [0.25, 0.3) is 0 Å². The largest absolute Gasteiger partial charge is 0.371 e. The molecule has 1 aliphatic rings. The van der Waals surface area contributed by atoms with Crippen molar-refractivity contribution in [3.05, 3.63) is 29.8 Å². The van der Waals surface area contributed by atoms with Gasteiger partial charge in [-0.25, -0.2) is 0 Å². The number of primary amides is 1. The maximum atomic E-state index is 12.1. The van der Waals surface area contributed by atoms with Gasteiger partial charge in [0.15, 0.2) is 0 Å². The van der Waals surface area contributed by atoms with Gasteiger partial charge in [0.05, 0.1) is 0 Å². The maximum Gasteiger partial charge on any atom is 0.243 e. The molecule has 0 spiro atoms. The highest BCUT2D eigenvalue weighted by Crippen LogP contribution is 2.34. The van der Waals surface area contributed by atoms with E-state index in [4.69, 9.17) is 5.73 Å². The van der Waals surface area contributed by atoms with Gasteiger partial charge in [-0.2, -0.15) is 0 Å². The second-order valence-corrected chi connectivity index (χ2v) is 6.15. The fourth-order valence-corrected chi connectivity index (χ4v) is 3.25. The molecule has 1 amide bonds. The number of anilines is 1. The van der Waals surface area contributed by atoms with Crippen molar-refractivity contribution >= 4 is 11.6 Å². The predicted octanol–water partition coefficient (Wildman–Crippen LogP) is 3.62. The van der Waals surface area contributed by atoms with Gasteiger partial charge in [0, 0.05) is 5.69 Å². The Morgan fingerprint density at radius 2 is 2.20 bits per heavy atom. The van der Waals surface area contributed by atoms with Gasteiger partial charge in [-0.15, -0.1) is 0 Å². The van der Waals surface area contributed by atoms with Gasteiger partial charge in [-0.3, -0.25) is 4.79 Å². The first-order valence-electron chi connectivity index (χ1n) is 7.70. The lowest BCUT2D eigenvalue weighted by molar-refractivity contribution is -0.122. The van der Waals surface area contributed by atoms with Gasteiger partial charge < -0.3 is 11.1 Å². The van der Waals surface area contributed by atoms with Gasteiger partial charge in [0.25, 0.3) is 0 Å². The van der Waals surface area contributed by atoms with Gasteiger partial charge in [0.1, 0.15) is 5.54 Å². The molecule has 3 heteroatoms. The molecule has 0 aromatic heterocycles. The van der Waals surface area contributed by atoms with Crippen LogP contribution in [0.4, 0.5) is 5.69 Å². The molecule has 0 bridgehead atoms. The van der Waals surface area contributed by atoms with Crippen molar-refractivity contribution in [3.63, 3.8) is 0 Å². The Morgan fingerprint density at radius 1 is 1.40 bits per heavy atom. The maximum absolute atomic E-state index is 12.1. The molecule has 2 unspecified atom stereocenters. The van der Waals surface area contributed by atoms with E-state index in [2.05, 4.69) is 31.3 Å². The first-order chi connectivity index (χ1) is 9.55. The van der Waals surface area contributed by atoms with Crippen molar-refractivity contribution in [2.24, 2.45) is 11.7 Å². The fraction of sp³-hybridized carbons (Fsp3) is 0.588. The Morgan fingerprint density at radius 3 is 2.85 bits per heavy atom. The Balaban J connectivity index is 2.19. The number of rotatable bonds is 4. The first kappa shape index (κ1) is 14.9. The molecule has 2 atom stereocenters. The summed E-state index contributed by atoms with van der Waals surface area (Å²) in [5.41, 5.74) is 7.36. The number of benzene rings is 1. The van der Waals surface area contributed by atoms with Gasteiger partial charge in [-0.05, 0) is 49.8 Å². The van der Waals surface area contributed by atoms with E-state index in [0.717, 1.165) is 37.3 Å². The van der Waals surface area contributed by atoms with Crippen LogP contribution in [0.15, 0.2) is 24.3 Å². The number of nitrogens with two attached hydrogens (primary N) is 1. The van der Waals surface area contributed by atoms with Crippen molar-refractivity contribution in [3.8, 4) is 0 Å². The summed E-state index contributed by atoms with van der Waals surface area (Å²) in [4.78, 5) is 12.1. The van der Waals surface area contributed by atoms with Crippen molar-refractivity contribution < 1.29 is 4.79 Å². The third-order valence-electron chi connectivity index (χ3n) is 4.65. The highest BCUT2D eigenvalue weighted by Gasteiger charge is 2.38. The molecule has 1 aromatic rings. The molecular weight excluding hydrogens is 248 g/mol. The summed E-state index contributed by atoms with van der Waals surface area (Å²) in [6, 6.07) is 8.16. The normalized spacial score (nSPS) is 26.8. The Labute approximate surface area is 121 Å². The number of carbonyl (C=O) groups excluding carboxylic acids is 1. The van der Waals surface area contributed by atoms with Crippen LogP contribution < -0.4 is 11.1 Å². The first-order valence-corrected chi connectivity index (χ1v) is 7.70. The smallest absolute Gasteiger partial charge is 0.243 e. The zero-order valence-electron chi connectivity index (χ0n) is 12.6. The average molecular weight is 274 g/mol. The molecule has 2 rings (SSSR count). The summed E-state index contributed by atoms with van der Waals surface area (Å²) < 4.78 is 0. The van der Waals surface area contributed by atoms with Crippen LogP contribution in [0.2, 0.25) is 0 Å². The second kappa shape index (κ2) is 6.29. The molecule has 0 aliphatic heterocycles. The van der Waals surface area contributed by atoms with Crippen LogP contribution in [-0.2, 0) is 4.79 Å². The Bertz CT molecular complexity index is 472. The van der Waals surface area contributed by atoms with Crippen molar-refractivity contribution in [1.29, 1.82) is 0 Å². The summed E-state index contributed by atoms with van der Waals surface area (Å²) >= 11 is 0. The van der Waals surface area contributed by atoms with E-state index in [9.17, 15) is 4.79 Å². The second-order valence-electron chi connectivity index (χ2n) is 6.15. The SMILES string of the molecule is CCC1CCCC(Nc2cccc(C)c2)(C(N)=O)CC1. The Hall–Kier alpha value is -1.51. The van der Waals surface area contributed by atoms with Crippen LogP contribution in [0.1, 0.15) is 51.0 Å². The monoisotopic (exact) mass is 274 g/mol. The van der Waals surface area contributed by atoms with Crippen LogP contribution in [0.5, 0.6) is 0 Å². The van der Waals surface area contributed by atoms with Crippen LogP contribution in [0, 0.1) is 12.8 Å². The number of amides is 1. The minimum atomic E-state index is -0.572. The van der Waals surface area contributed by atoms with Crippen LogP contribution in [0.3, 0.4) is 0 Å². The number of hydrogen-bond acceptors (Lipinski definition) is 2. The van der Waals surface area contributed by atoms with Gasteiger partial charge in [-0.1, -0.05) is 38.3 Å². The standard InChI is InChI=1S/C17H26N2O/c1-3-14-7-5-10-17(11-9-14,16(18)20)19-15-8-4-6-13(2)12-15/h4,6,8,12,14,19H,3,5,7,9-11H2,1-2H3,(H2,18,20). The van der Waals surface area contributed by atoms with E-state index < -0.39 is 5.54 Å². The van der Waals surface area contributed by atoms with E-state index in [1.165, 1.54) is 18.4 Å². The summed E-state index contributed by atoms with van der Waals surface area (Å²) in [5, 5.41) is 3.44. The van der Waals surface area contributed by atoms with Crippen molar-refractivity contribution in [1.82, 2.24) is 0 Å². The van der Waals surface area contributed by atoms with E-state index in [1.54, 1.807) is 0 Å². The molecule has 0 heterocycles. The average Bonchev–Trinajstić information content (AvgIpc) is 2.62. The minimum Gasteiger partial charge on any atom is -0.371 e. The molecule has 1 fully saturated rings. The molecule has 0 radical (unpaired) electrons.